The molecule has 2 N–H and O–H groups in total. The number of methoxy groups -OCH3 is 1. The van der Waals surface area contributed by atoms with Gasteiger partial charge in [0.1, 0.15) is 22.4 Å². The molecule has 3 unspecified atom stereocenters. The van der Waals surface area contributed by atoms with Gasteiger partial charge >= 0.3 is 0 Å². The number of nitriles is 2. The Bertz CT molecular complexity index is 835. The van der Waals surface area contributed by atoms with Gasteiger partial charge in [-0.3, -0.25) is 0 Å². The van der Waals surface area contributed by atoms with Crippen molar-refractivity contribution in [2.24, 2.45) is 21.6 Å². The number of fused-ring (bicyclic) bond motifs is 1. The van der Waals surface area contributed by atoms with Crippen molar-refractivity contribution in [3.63, 3.8) is 0 Å². The molecule has 1 aliphatic carbocycles. The van der Waals surface area contributed by atoms with Crippen molar-refractivity contribution in [3.8, 4) is 17.9 Å². The number of aliphatic imine (C=N–C) groups is 1. The molecule has 1 aromatic carbocycles. The highest BCUT2D eigenvalue weighted by Gasteiger charge is 2.91. The van der Waals surface area contributed by atoms with E-state index in [1.807, 2.05) is 24.3 Å². The fourth-order valence-corrected chi connectivity index (χ4v) is 7.39. The fraction of sp³-hybridized carbons (Fsp3) is 0.550. The maximum Gasteiger partial charge on any atom is 0.175 e. The first-order chi connectivity index (χ1) is 13.0. The average molecular weight is 401 g/mol. The van der Waals surface area contributed by atoms with E-state index in [1.165, 1.54) is 0 Å². The second-order valence-corrected chi connectivity index (χ2v) is 9.66. The molecule has 0 amide bonds. The number of thioether (sulfide) groups is 2. The van der Waals surface area contributed by atoms with Gasteiger partial charge in [-0.15, -0.1) is 23.5 Å². The second kappa shape index (κ2) is 7.30. The van der Waals surface area contributed by atoms with Crippen molar-refractivity contribution in [2.75, 3.05) is 18.6 Å². The summed E-state index contributed by atoms with van der Waals surface area (Å²) in [7, 11) is 1.61. The monoisotopic (exact) mass is 400 g/mol. The van der Waals surface area contributed by atoms with Crippen molar-refractivity contribution in [3.05, 3.63) is 29.8 Å². The topological polar surface area (TPSA) is 95.2 Å². The van der Waals surface area contributed by atoms with Gasteiger partial charge in [0.25, 0.3) is 0 Å². The number of ether oxygens (including phenoxy) is 1. The average Bonchev–Trinajstić information content (AvgIpc) is 3.29. The van der Waals surface area contributed by atoms with Crippen molar-refractivity contribution in [2.45, 2.75) is 36.8 Å². The molecule has 0 aromatic heterocycles. The van der Waals surface area contributed by atoms with E-state index < -0.39 is 15.0 Å². The summed E-state index contributed by atoms with van der Waals surface area (Å²) in [6.45, 7) is 4.21. The third-order valence-corrected chi connectivity index (χ3v) is 8.90. The molecule has 1 saturated carbocycles. The molecule has 0 radical (unpaired) electrons. The molecule has 1 aromatic rings. The van der Waals surface area contributed by atoms with E-state index in [9.17, 15) is 10.5 Å². The SMILES string of the molecule is CCCSC1(SCCC)N=C(N)C2(C#N)C(c3cccc(OC)c3)C12C#N. The third kappa shape index (κ3) is 2.48. The lowest BCUT2D eigenvalue weighted by atomic mass is 9.97. The van der Waals surface area contributed by atoms with Crippen LogP contribution in [0.4, 0.5) is 0 Å². The molecule has 5 nitrogen and oxygen atoms in total. The van der Waals surface area contributed by atoms with E-state index in [-0.39, 0.29) is 5.92 Å². The lowest BCUT2D eigenvalue weighted by Gasteiger charge is -2.32. The quantitative estimate of drug-likeness (QED) is 0.659. The Morgan fingerprint density at radius 2 is 1.85 bits per heavy atom. The lowest BCUT2D eigenvalue weighted by molar-refractivity contribution is 0.414. The summed E-state index contributed by atoms with van der Waals surface area (Å²) in [5.41, 5.74) is 5.23. The van der Waals surface area contributed by atoms with Crippen LogP contribution in [0, 0.1) is 33.5 Å². The van der Waals surface area contributed by atoms with Gasteiger partial charge in [0.2, 0.25) is 0 Å². The molecule has 3 rings (SSSR count). The summed E-state index contributed by atoms with van der Waals surface area (Å²) in [6.07, 6.45) is 1.94. The van der Waals surface area contributed by atoms with Crippen LogP contribution in [-0.2, 0) is 0 Å². The third-order valence-electron chi connectivity index (χ3n) is 5.36. The molecule has 0 spiro atoms. The minimum Gasteiger partial charge on any atom is -0.497 e. The predicted octanol–water partition coefficient (Wildman–Crippen LogP) is 4.12. The molecular weight excluding hydrogens is 376 g/mol. The number of rotatable bonds is 8. The molecule has 1 aliphatic heterocycles. The van der Waals surface area contributed by atoms with Gasteiger partial charge in [-0.05, 0) is 42.0 Å². The molecule has 2 aliphatic rings. The Labute approximate surface area is 169 Å². The minimum absolute atomic E-state index is 0.298. The summed E-state index contributed by atoms with van der Waals surface area (Å²) >= 11 is 3.32. The zero-order valence-corrected chi connectivity index (χ0v) is 17.5. The van der Waals surface area contributed by atoms with Crippen LogP contribution in [0.5, 0.6) is 5.75 Å². The predicted molar refractivity (Wildman–Crippen MR) is 112 cm³/mol. The molecule has 0 saturated heterocycles. The maximum absolute atomic E-state index is 10.4. The number of nitrogens with zero attached hydrogens (tertiary/aromatic N) is 3. The van der Waals surface area contributed by atoms with Crippen LogP contribution in [-0.4, -0.2) is 28.7 Å². The first kappa shape index (κ1) is 19.9. The van der Waals surface area contributed by atoms with Crippen LogP contribution >= 0.6 is 23.5 Å². The highest BCUT2D eigenvalue weighted by molar-refractivity contribution is 8.18. The Hall–Kier alpha value is -1.83. The van der Waals surface area contributed by atoms with Gasteiger partial charge in [0.05, 0.1) is 19.2 Å². The summed E-state index contributed by atoms with van der Waals surface area (Å²) in [5.74, 6) is 2.43. The van der Waals surface area contributed by atoms with E-state index in [1.54, 1.807) is 30.6 Å². The van der Waals surface area contributed by atoms with Gasteiger partial charge in [-0.25, -0.2) is 4.99 Å². The zero-order valence-electron chi connectivity index (χ0n) is 15.9. The van der Waals surface area contributed by atoms with Gasteiger partial charge < -0.3 is 10.5 Å². The molecular formula is C20H24N4OS2. The normalized spacial score (nSPS) is 30.0. The van der Waals surface area contributed by atoms with Gasteiger partial charge in [-0.2, -0.15) is 10.5 Å². The van der Waals surface area contributed by atoms with E-state index >= 15 is 0 Å². The number of amidine groups is 1. The zero-order chi connectivity index (χ0) is 19.7. The van der Waals surface area contributed by atoms with Crippen molar-refractivity contribution in [1.82, 2.24) is 0 Å². The van der Waals surface area contributed by atoms with E-state index in [0.717, 1.165) is 29.9 Å². The minimum atomic E-state index is -1.07. The summed E-state index contributed by atoms with van der Waals surface area (Å²) in [6, 6.07) is 12.6. The molecule has 1 heterocycles. The van der Waals surface area contributed by atoms with Crippen LogP contribution in [0.1, 0.15) is 38.2 Å². The van der Waals surface area contributed by atoms with Gasteiger partial charge in [-0.1, -0.05) is 26.0 Å². The molecule has 7 heteroatoms. The van der Waals surface area contributed by atoms with E-state index in [4.69, 9.17) is 15.5 Å². The number of hydrogen-bond donors (Lipinski definition) is 1. The van der Waals surface area contributed by atoms with Crippen molar-refractivity contribution >= 4 is 29.4 Å². The van der Waals surface area contributed by atoms with E-state index in [0.29, 0.717) is 11.6 Å². The van der Waals surface area contributed by atoms with Crippen molar-refractivity contribution < 1.29 is 4.74 Å². The molecule has 1 fully saturated rings. The Kier molecular flexibility index (Phi) is 5.38. The standard InChI is InChI=1S/C20H24N4OS2/c1-4-9-26-20(27-10-5-2)19(13-22)16(18(19,12-21)17(23)24-20)14-7-6-8-15(11-14)25-3/h6-8,11,16H,4-5,9-10H2,1-3H3,(H2,23,24). The first-order valence-electron chi connectivity index (χ1n) is 9.13. The summed E-state index contributed by atoms with van der Waals surface area (Å²) in [4.78, 5) is 4.77. The molecule has 0 bridgehead atoms. The number of nitrogens with two attached hydrogens (primary N) is 1. The van der Waals surface area contributed by atoms with Crippen LogP contribution in [0.3, 0.4) is 0 Å². The summed E-state index contributed by atoms with van der Waals surface area (Å²) in [5, 5.41) is 20.5. The summed E-state index contributed by atoms with van der Waals surface area (Å²) < 4.78 is 4.61. The van der Waals surface area contributed by atoms with E-state index in [2.05, 4.69) is 26.0 Å². The highest BCUT2D eigenvalue weighted by atomic mass is 32.2. The molecule has 142 valence electrons. The van der Waals surface area contributed by atoms with Crippen LogP contribution in [0.2, 0.25) is 0 Å². The first-order valence-corrected chi connectivity index (χ1v) is 11.1. The van der Waals surface area contributed by atoms with Crippen LogP contribution in [0.15, 0.2) is 29.3 Å². The maximum atomic E-state index is 10.4. The molecule has 3 atom stereocenters. The van der Waals surface area contributed by atoms with Gasteiger partial charge in [0.15, 0.2) is 4.20 Å². The van der Waals surface area contributed by atoms with Crippen LogP contribution in [0.25, 0.3) is 0 Å². The smallest absolute Gasteiger partial charge is 0.175 e. The highest BCUT2D eigenvalue weighted by Crippen LogP contribution is 2.85. The van der Waals surface area contributed by atoms with Crippen molar-refractivity contribution in [1.29, 1.82) is 10.5 Å². The number of hydrogen-bond acceptors (Lipinski definition) is 7. The molecule has 27 heavy (non-hydrogen) atoms. The Morgan fingerprint density at radius 3 is 2.37 bits per heavy atom. The Morgan fingerprint density at radius 1 is 1.19 bits per heavy atom. The Balaban J connectivity index is 2.16. The van der Waals surface area contributed by atoms with Gasteiger partial charge in [0, 0.05) is 5.92 Å². The lowest BCUT2D eigenvalue weighted by Crippen LogP contribution is -2.32. The van der Waals surface area contributed by atoms with Crippen LogP contribution < -0.4 is 10.5 Å². The fourth-order valence-electron chi connectivity index (χ4n) is 4.16. The largest absolute Gasteiger partial charge is 0.497 e. The second-order valence-electron chi connectivity index (χ2n) is 6.83. The number of benzene rings is 1.